The summed E-state index contributed by atoms with van der Waals surface area (Å²) in [6.45, 7) is 0.789. The molecule has 132 valence electrons. The highest BCUT2D eigenvalue weighted by Crippen LogP contribution is 2.23. The molecule has 0 saturated carbocycles. The van der Waals surface area contributed by atoms with Gasteiger partial charge in [0.15, 0.2) is 12.7 Å². The minimum absolute atomic E-state index is 0.284. The quantitative estimate of drug-likeness (QED) is 0.791. The summed E-state index contributed by atoms with van der Waals surface area (Å²) in [4.78, 5) is 23.6. The number of rotatable bonds is 6. The Balaban J connectivity index is 1.88. The van der Waals surface area contributed by atoms with Crippen LogP contribution in [0.15, 0.2) is 42.5 Å². The first-order valence-corrected chi connectivity index (χ1v) is 7.58. The molecule has 0 aromatic heterocycles. The Labute approximate surface area is 147 Å². The molecule has 0 bridgehead atoms. The molecule has 1 amide bonds. The lowest BCUT2D eigenvalue weighted by Gasteiger charge is -2.14. The summed E-state index contributed by atoms with van der Waals surface area (Å²) in [7, 11) is 0. The molecule has 0 aliphatic heterocycles. The van der Waals surface area contributed by atoms with Crippen LogP contribution in [0, 0.1) is 11.6 Å². The molecule has 25 heavy (non-hydrogen) atoms. The van der Waals surface area contributed by atoms with Crippen molar-refractivity contribution in [3.8, 4) is 5.75 Å². The fourth-order valence-corrected chi connectivity index (χ4v) is 2.02. The maximum absolute atomic E-state index is 13.5. The summed E-state index contributed by atoms with van der Waals surface area (Å²) in [6.07, 6.45) is -1.28. The number of hydrogen-bond acceptors (Lipinski definition) is 4. The van der Waals surface area contributed by atoms with E-state index in [-0.39, 0.29) is 5.75 Å². The monoisotopic (exact) mass is 369 g/mol. The summed E-state index contributed by atoms with van der Waals surface area (Å²) < 4.78 is 37.0. The third kappa shape index (κ3) is 5.15. The molecule has 1 unspecified atom stereocenters. The molecule has 8 heteroatoms. The van der Waals surface area contributed by atoms with E-state index in [9.17, 15) is 18.4 Å². The topological polar surface area (TPSA) is 64.6 Å². The predicted molar refractivity (Wildman–Crippen MR) is 87.5 cm³/mol. The first-order chi connectivity index (χ1) is 11.9. The second-order valence-corrected chi connectivity index (χ2v) is 5.34. The molecule has 0 aliphatic carbocycles. The van der Waals surface area contributed by atoms with Crippen molar-refractivity contribution in [2.45, 2.75) is 13.0 Å². The molecule has 0 fully saturated rings. The Kier molecular flexibility index (Phi) is 6.30. The smallest absolute Gasteiger partial charge is 0.344 e. The summed E-state index contributed by atoms with van der Waals surface area (Å²) in [5, 5.41) is 2.35. The summed E-state index contributed by atoms with van der Waals surface area (Å²) in [6, 6.07) is 9.66. The first-order valence-electron chi connectivity index (χ1n) is 7.20. The maximum Gasteiger partial charge on any atom is 0.344 e. The number of anilines is 1. The molecule has 1 atom stereocenters. The standard InChI is InChI=1S/C17H14ClF2NO4/c1-10(17(23)21-16-12(19)6-4-7-13(16)20)25-15(22)9-24-14-8-3-2-5-11(14)18/h2-8,10H,9H2,1H3,(H,21,23). The van der Waals surface area contributed by atoms with Crippen LogP contribution >= 0.6 is 11.6 Å². The normalized spacial score (nSPS) is 11.5. The second kappa shape index (κ2) is 8.43. The zero-order valence-electron chi connectivity index (χ0n) is 13.1. The van der Waals surface area contributed by atoms with Gasteiger partial charge in [0.05, 0.1) is 5.02 Å². The highest BCUT2D eigenvalue weighted by molar-refractivity contribution is 6.32. The lowest BCUT2D eigenvalue weighted by molar-refractivity contribution is -0.155. The van der Waals surface area contributed by atoms with Crippen LogP contribution in [0.2, 0.25) is 5.02 Å². The fraction of sp³-hybridized carbons (Fsp3) is 0.176. The van der Waals surface area contributed by atoms with Crippen LogP contribution in [0.25, 0.3) is 0 Å². The van der Waals surface area contributed by atoms with Crippen LogP contribution in [0.5, 0.6) is 5.75 Å². The Morgan fingerprint density at radius 1 is 1.12 bits per heavy atom. The zero-order chi connectivity index (χ0) is 18.4. The SMILES string of the molecule is CC(OC(=O)COc1ccccc1Cl)C(=O)Nc1c(F)cccc1F. The molecular weight excluding hydrogens is 356 g/mol. The largest absolute Gasteiger partial charge is 0.480 e. The molecule has 5 nitrogen and oxygen atoms in total. The van der Waals surface area contributed by atoms with Crippen LogP contribution in [0.3, 0.4) is 0 Å². The number of benzene rings is 2. The van der Waals surface area contributed by atoms with E-state index in [0.29, 0.717) is 5.02 Å². The van der Waals surface area contributed by atoms with E-state index in [1.54, 1.807) is 24.3 Å². The molecular formula is C17H14ClF2NO4. The van der Waals surface area contributed by atoms with Gasteiger partial charge in [-0.15, -0.1) is 0 Å². The molecule has 0 heterocycles. The van der Waals surface area contributed by atoms with E-state index < -0.39 is 41.9 Å². The lowest BCUT2D eigenvalue weighted by Crippen LogP contribution is -2.32. The number of esters is 1. The third-order valence-corrected chi connectivity index (χ3v) is 3.38. The number of halogens is 3. The number of carbonyl (C=O) groups excluding carboxylic acids is 2. The fourth-order valence-electron chi connectivity index (χ4n) is 1.83. The average molecular weight is 370 g/mol. The van der Waals surface area contributed by atoms with Gasteiger partial charge in [0.25, 0.3) is 5.91 Å². The first kappa shape index (κ1) is 18.7. The minimum atomic E-state index is -1.28. The van der Waals surface area contributed by atoms with E-state index in [1.807, 2.05) is 5.32 Å². The van der Waals surface area contributed by atoms with E-state index in [0.717, 1.165) is 18.2 Å². The van der Waals surface area contributed by atoms with Crippen molar-refractivity contribution < 1.29 is 27.8 Å². The molecule has 0 aliphatic rings. The van der Waals surface area contributed by atoms with Crippen LogP contribution in [0.4, 0.5) is 14.5 Å². The van der Waals surface area contributed by atoms with Crippen molar-refractivity contribution in [1.29, 1.82) is 0 Å². The van der Waals surface area contributed by atoms with Crippen LogP contribution in [0.1, 0.15) is 6.92 Å². The van der Waals surface area contributed by atoms with Gasteiger partial charge in [-0.05, 0) is 31.2 Å². The zero-order valence-corrected chi connectivity index (χ0v) is 13.8. The highest BCUT2D eigenvalue weighted by atomic mass is 35.5. The molecule has 2 aromatic rings. The van der Waals surface area contributed by atoms with Gasteiger partial charge in [-0.2, -0.15) is 0 Å². The Hall–Kier alpha value is -2.67. The summed E-state index contributed by atoms with van der Waals surface area (Å²) >= 11 is 5.87. The van der Waals surface area contributed by atoms with E-state index >= 15 is 0 Å². The number of para-hydroxylation sites is 2. The summed E-state index contributed by atoms with van der Waals surface area (Å²) in [5.74, 6) is -3.30. The maximum atomic E-state index is 13.5. The second-order valence-electron chi connectivity index (χ2n) is 4.94. The molecule has 1 N–H and O–H groups in total. The number of amides is 1. The number of carbonyl (C=O) groups is 2. The molecule has 0 radical (unpaired) electrons. The number of ether oxygens (including phenoxy) is 2. The highest BCUT2D eigenvalue weighted by Gasteiger charge is 2.21. The van der Waals surface area contributed by atoms with Gasteiger partial charge in [0.1, 0.15) is 23.1 Å². The number of nitrogens with one attached hydrogen (secondary N) is 1. The van der Waals surface area contributed by atoms with Gasteiger partial charge >= 0.3 is 5.97 Å². The van der Waals surface area contributed by atoms with E-state index in [4.69, 9.17) is 21.1 Å². The van der Waals surface area contributed by atoms with E-state index in [1.165, 1.54) is 6.92 Å². The Morgan fingerprint density at radius 3 is 2.40 bits per heavy atom. The van der Waals surface area contributed by atoms with Gasteiger partial charge in [-0.1, -0.05) is 29.8 Å². The molecule has 2 aromatic carbocycles. The average Bonchev–Trinajstić information content (AvgIpc) is 2.57. The van der Waals surface area contributed by atoms with Gasteiger partial charge < -0.3 is 14.8 Å². The van der Waals surface area contributed by atoms with Crippen molar-refractivity contribution in [2.24, 2.45) is 0 Å². The molecule has 0 spiro atoms. The summed E-state index contributed by atoms with van der Waals surface area (Å²) in [5.41, 5.74) is -0.609. The van der Waals surface area contributed by atoms with E-state index in [2.05, 4.69) is 0 Å². The van der Waals surface area contributed by atoms with Crippen molar-refractivity contribution >= 4 is 29.2 Å². The Morgan fingerprint density at radius 2 is 1.76 bits per heavy atom. The Bertz CT molecular complexity index is 765. The van der Waals surface area contributed by atoms with Gasteiger partial charge in [-0.25, -0.2) is 13.6 Å². The molecule has 0 saturated heterocycles. The van der Waals surface area contributed by atoms with Crippen LogP contribution in [-0.2, 0) is 14.3 Å². The van der Waals surface area contributed by atoms with Gasteiger partial charge in [0, 0.05) is 0 Å². The van der Waals surface area contributed by atoms with Gasteiger partial charge in [-0.3, -0.25) is 4.79 Å². The van der Waals surface area contributed by atoms with Gasteiger partial charge in [0.2, 0.25) is 0 Å². The van der Waals surface area contributed by atoms with Crippen LogP contribution in [-0.4, -0.2) is 24.6 Å². The lowest BCUT2D eigenvalue weighted by atomic mass is 10.2. The van der Waals surface area contributed by atoms with Crippen molar-refractivity contribution in [3.05, 3.63) is 59.1 Å². The number of hydrogen-bond donors (Lipinski definition) is 1. The minimum Gasteiger partial charge on any atom is -0.480 e. The predicted octanol–water partition coefficient (Wildman–Crippen LogP) is 3.57. The van der Waals surface area contributed by atoms with Crippen molar-refractivity contribution in [2.75, 3.05) is 11.9 Å². The molecule has 2 rings (SSSR count). The van der Waals surface area contributed by atoms with Crippen LogP contribution < -0.4 is 10.1 Å². The van der Waals surface area contributed by atoms with Crippen molar-refractivity contribution in [1.82, 2.24) is 0 Å². The third-order valence-electron chi connectivity index (χ3n) is 3.07. The van der Waals surface area contributed by atoms with Crippen molar-refractivity contribution in [3.63, 3.8) is 0 Å².